The van der Waals surface area contributed by atoms with Crippen LogP contribution >= 0.6 is 0 Å². The summed E-state index contributed by atoms with van der Waals surface area (Å²) < 4.78 is 14.0. The van der Waals surface area contributed by atoms with E-state index >= 15 is 0 Å². The summed E-state index contributed by atoms with van der Waals surface area (Å²) in [5, 5.41) is 7.85. The standard InChI is InChI=1S/C14H17FN4/c15-11-1-2-12(16)10-5-8-18-14(13(10)11)19-9-3-6-17-7-4-9/h1-2,5,8-9,17H,3-4,6-7,16H2,(H,18,19). The summed E-state index contributed by atoms with van der Waals surface area (Å²) in [5.74, 6) is 0.308. The Balaban J connectivity index is 2.00. The molecule has 0 unspecified atom stereocenters. The monoisotopic (exact) mass is 260 g/mol. The molecule has 1 aliphatic rings. The van der Waals surface area contributed by atoms with Crippen molar-refractivity contribution in [2.75, 3.05) is 24.1 Å². The SMILES string of the molecule is Nc1ccc(F)c2c(NC3CCNCC3)nccc12. The number of nitrogens with two attached hydrogens (primary N) is 1. The van der Waals surface area contributed by atoms with E-state index in [9.17, 15) is 4.39 Å². The number of rotatable bonds is 2. The number of benzene rings is 1. The predicted molar refractivity (Wildman–Crippen MR) is 75.6 cm³/mol. The van der Waals surface area contributed by atoms with Gasteiger partial charge in [0.2, 0.25) is 0 Å². The first-order valence-corrected chi connectivity index (χ1v) is 6.55. The predicted octanol–water partition coefficient (Wildman–Crippen LogP) is 2.12. The summed E-state index contributed by atoms with van der Waals surface area (Å²) in [5.41, 5.74) is 6.47. The van der Waals surface area contributed by atoms with Gasteiger partial charge in [-0.15, -0.1) is 0 Å². The van der Waals surface area contributed by atoms with Gasteiger partial charge in [-0.1, -0.05) is 0 Å². The number of nitrogens with zero attached hydrogens (tertiary/aromatic N) is 1. The molecule has 0 amide bonds. The molecule has 1 saturated heterocycles. The smallest absolute Gasteiger partial charge is 0.137 e. The number of anilines is 2. The van der Waals surface area contributed by atoms with Gasteiger partial charge in [0.15, 0.2) is 0 Å². The van der Waals surface area contributed by atoms with Gasteiger partial charge in [-0.05, 0) is 44.1 Å². The van der Waals surface area contributed by atoms with Crippen LogP contribution in [0.5, 0.6) is 0 Å². The zero-order valence-corrected chi connectivity index (χ0v) is 10.6. The van der Waals surface area contributed by atoms with Gasteiger partial charge in [-0.2, -0.15) is 0 Å². The molecule has 4 N–H and O–H groups in total. The van der Waals surface area contributed by atoms with Crippen molar-refractivity contribution < 1.29 is 4.39 Å². The highest BCUT2D eigenvalue weighted by Crippen LogP contribution is 2.29. The summed E-state index contributed by atoms with van der Waals surface area (Å²) in [6.07, 6.45) is 3.70. The van der Waals surface area contributed by atoms with E-state index in [0.29, 0.717) is 28.3 Å². The van der Waals surface area contributed by atoms with Gasteiger partial charge in [0.1, 0.15) is 11.6 Å². The van der Waals surface area contributed by atoms with Gasteiger partial charge >= 0.3 is 0 Å². The number of fused-ring (bicyclic) bond motifs is 1. The Labute approximate surface area is 111 Å². The highest BCUT2D eigenvalue weighted by atomic mass is 19.1. The fourth-order valence-electron chi connectivity index (χ4n) is 2.55. The largest absolute Gasteiger partial charge is 0.398 e. The van der Waals surface area contributed by atoms with Crippen LogP contribution in [0.2, 0.25) is 0 Å². The van der Waals surface area contributed by atoms with E-state index in [4.69, 9.17) is 5.73 Å². The molecule has 0 aliphatic carbocycles. The molecular weight excluding hydrogens is 243 g/mol. The molecule has 100 valence electrons. The third kappa shape index (κ3) is 2.33. The number of hydrogen-bond acceptors (Lipinski definition) is 4. The minimum absolute atomic E-state index is 0.284. The molecular formula is C14H17FN4. The molecule has 0 radical (unpaired) electrons. The summed E-state index contributed by atoms with van der Waals surface area (Å²) in [4.78, 5) is 4.28. The van der Waals surface area contributed by atoms with Gasteiger partial charge in [-0.3, -0.25) is 0 Å². The topological polar surface area (TPSA) is 63.0 Å². The van der Waals surface area contributed by atoms with Gasteiger partial charge in [0.25, 0.3) is 0 Å². The molecule has 1 aromatic carbocycles. The second kappa shape index (κ2) is 5.01. The van der Waals surface area contributed by atoms with Crippen molar-refractivity contribution in [3.63, 3.8) is 0 Å². The lowest BCUT2D eigenvalue weighted by Gasteiger charge is -2.24. The fourth-order valence-corrected chi connectivity index (χ4v) is 2.55. The van der Waals surface area contributed by atoms with Crippen LogP contribution in [0.1, 0.15) is 12.8 Å². The molecule has 5 heteroatoms. The van der Waals surface area contributed by atoms with Crippen molar-refractivity contribution in [2.45, 2.75) is 18.9 Å². The van der Waals surface area contributed by atoms with Crippen molar-refractivity contribution in [3.8, 4) is 0 Å². The molecule has 0 bridgehead atoms. The molecule has 2 aromatic rings. The molecule has 19 heavy (non-hydrogen) atoms. The van der Waals surface area contributed by atoms with Gasteiger partial charge < -0.3 is 16.4 Å². The van der Waals surface area contributed by atoms with Crippen LogP contribution in [0.4, 0.5) is 15.9 Å². The first-order chi connectivity index (χ1) is 9.25. The number of nitrogen functional groups attached to an aromatic ring is 1. The number of aromatic nitrogens is 1. The van der Waals surface area contributed by atoms with Gasteiger partial charge in [0, 0.05) is 23.3 Å². The Kier molecular flexibility index (Phi) is 3.21. The maximum absolute atomic E-state index is 14.0. The molecule has 0 atom stereocenters. The molecule has 0 saturated carbocycles. The summed E-state index contributed by atoms with van der Waals surface area (Å²) in [6.45, 7) is 1.96. The number of hydrogen-bond donors (Lipinski definition) is 3. The van der Waals surface area contributed by atoms with Crippen LogP contribution in [-0.4, -0.2) is 24.1 Å². The highest BCUT2D eigenvalue weighted by molar-refractivity contribution is 5.99. The number of pyridine rings is 1. The fraction of sp³-hybridized carbons (Fsp3) is 0.357. The lowest BCUT2D eigenvalue weighted by molar-refractivity contribution is 0.478. The summed E-state index contributed by atoms with van der Waals surface area (Å²) in [6, 6.07) is 5.07. The Morgan fingerprint density at radius 2 is 2.05 bits per heavy atom. The normalized spacial score (nSPS) is 16.7. The molecule has 0 spiro atoms. The van der Waals surface area contributed by atoms with E-state index in [1.807, 2.05) is 0 Å². The Morgan fingerprint density at radius 1 is 1.26 bits per heavy atom. The van der Waals surface area contributed by atoms with Crippen LogP contribution in [0, 0.1) is 5.82 Å². The Hall–Kier alpha value is -1.88. The molecule has 1 aliphatic heterocycles. The molecule has 1 fully saturated rings. The highest BCUT2D eigenvalue weighted by Gasteiger charge is 2.16. The van der Waals surface area contributed by atoms with E-state index < -0.39 is 0 Å². The van der Waals surface area contributed by atoms with Crippen LogP contribution < -0.4 is 16.4 Å². The lowest BCUT2D eigenvalue weighted by Crippen LogP contribution is -2.35. The molecule has 1 aromatic heterocycles. The number of halogens is 1. The second-order valence-corrected chi connectivity index (χ2v) is 4.89. The van der Waals surface area contributed by atoms with Gasteiger partial charge in [-0.25, -0.2) is 9.37 Å². The van der Waals surface area contributed by atoms with E-state index in [2.05, 4.69) is 15.6 Å². The molecule has 3 rings (SSSR count). The third-order valence-corrected chi connectivity index (χ3v) is 3.59. The van der Waals surface area contributed by atoms with Crippen molar-refractivity contribution in [2.24, 2.45) is 0 Å². The van der Waals surface area contributed by atoms with Crippen LogP contribution in [0.3, 0.4) is 0 Å². The molecule has 2 heterocycles. The lowest BCUT2D eigenvalue weighted by atomic mass is 10.1. The Bertz CT molecular complexity index is 593. The quantitative estimate of drug-likeness (QED) is 0.724. The maximum atomic E-state index is 14.0. The molecule has 4 nitrogen and oxygen atoms in total. The maximum Gasteiger partial charge on any atom is 0.137 e. The average Bonchev–Trinajstić information content (AvgIpc) is 2.44. The number of nitrogens with one attached hydrogen (secondary N) is 2. The van der Waals surface area contributed by atoms with Gasteiger partial charge in [0.05, 0.1) is 5.39 Å². The zero-order chi connectivity index (χ0) is 13.2. The van der Waals surface area contributed by atoms with E-state index in [1.54, 1.807) is 18.3 Å². The van der Waals surface area contributed by atoms with Crippen molar-refractivity contribution in [3.05, 3.63) is 30.2 Å². The minimum Gasteiger partial charge on any atom is -0.398 e. The van der Waals surface area contributed by atoms with Crippen LogP contribution in [-0.2, 0) is 0 Å². The van der Waals surface area contributed by atoms with Crippen LogP contribution in [0.15, 0.2) is 24.4 Å². The van der Waals surface area contributed by atoms with E-state index in [1.165, 1.54) is 6.07 Å². The number of piperidine rings is 1. The summed E-state index contributed by atoms with van der Waals surface area (Å²) in [7, 11) is 0. The first kappa shape index (κ1) is 12.2. The van der Waals surface area contributed by atoms with E-state index in [-0.39, 0.29) is 5.82 Å². The third-order valence-electron chi connectivity index (χ3n) is 3.59. The van der Waals surface area contributed by atoms with Crippen molar-refractivity contribution >= 4 is 22.3 Å². The first-order valence-electron chi connectivity index (χ1n) is 6.55. The van der Waals surface area contributed by atoms with Crippen molar-refractivity contribution in [1.82, 2.24) is 10.3 Å². The van der Waals surface area contributed by atoms with Crippen LogP contribution in [0.25, 0.3) is 10.8 Å². The zero-order valence-electron chi connectivity index (χ0n) is 10.6. The van der Waals surface area contributed by atoms with E-state index in [0.717, 1.165) is 25.9 Å². The average molecular weight is 260 g/mol. The van der Waals surface area contributed by atoms with Crippen molar-refractivity contribution in [1.29, 1.82) is 0 Å². The second-order valence-electron chi connectivity index (χ2n) is 4.89. The Morgan fingerprint density at radius 3 is 2.84 bits per heavy atom. The minimum atomic E-state index is -0.284. The summed E-state index contributed by atoms with van der Waals surface area (Å²) >= 11 is 0.